The summed E-state index contributed by atoms with van der Waals surface area (Å²) in [5.74, 6) is 3.60. The van der Waals surface area contributed by atoms with Gasteiger partial charge in [-0.2, -0.15) is 11.8 Å². The first-order valence-corrected chi connectivity index (χ1v) is 8.48. The summed E-state index contributed by atoms with van der Waals surface area (Å²) in [4.78, 5) is 2.55. The van der Waals surface area contributed by atoms with Crippen LogP contribution in [0.5, 0.6) is 0 Å². The molecule has 1 saturated heterocycles. The molecule has 1 aromatic carbocycles. The molecule has 0 bridgehead atoms. The van der Waals surface area contributed by atoms with E-state index in [1.54, 1.807) is 0 Å². The molecule has 20 heavy (non-hydrogen) atoms. The Bertz CT molecular complexity index is 561. The van der Waals surface area contributed by atoms with Crippen LogP contribution in [0.2, 0.25) is 0 Å². The lowest BCUT2D eigenvalue weighted by molar-refractivity contribution is 0.301. The lowest BCUT2D eigenvalue weighted by Crippen LogP contribution is -2.37. The second-order valence-electron chi connectivity index (χ2n) is 5.26. The second-order valence-corrected chi connectivity index (χ2v) is 6.49. The SMILES string of the molecule is Cc1oc2ccccc2c1CNCCN1CCSCC1. The molecule has 2 heterocycles. The monoisotopic (exact) mass is 290 g/mol. The maximum Gasteiger partial charge on any atom is 0.134 e. The summed E-state index contributed by atoms with van der Waals surface area (Å²) in [6.07, 6.45) is 0. The van der Waals surface area contributed by atoms with E-state index in [0.29, 0.717) is 0 Å². The molecule has 2 aromatic rings. The van der Waals surface area contributed by atoms with Crippen LogP contribution in [0.25, 0.3) is 11.0 Å². The van der Waals surface area contributed by atoms with Gasteiger partial charge in [0.1, 0.15) is 11.3 Å². The van der Waals surface area contributed by atoms with Crippen molar-refractivity contribution in [2.75, 3.05) is 37.7 Å². The molecule has 0 saturated carbocycles. The maximum atomic E-state index is 5.79. The molecular formula is C16H22N2OS. The van der Waals surface area contributed by atoms with Gasteiger partial charge < -0.3 is 14.6 Å². The van der Waals surface area contributed by atoms with E-state index in [2.05, 4.69) is 41.0 Å². The number of nitrogens with one attached hydrogen (secondary N) is 1. The maximum absolute atomic E-state index is 5.79. The fourth-order valence-electron chi connectivity index (χ4n) is 2.72. The summed E-state index contributed by atoms with van der Waals surface area (Å²) < 4.78 is 5.79. The fourth-order valence-corrected chi connectivity index (χ4v) is 3.69. The number of aryl methyl sites for hydroxylation is 1. The fraction of sp³-hybridized carbons (Fsp3) is 0.500. The van der Waals surface area contributed by atoms with Gasteiger partial charge in [-0.1, -0.05) is 18.2 Å². The number of nitrogens with zero attached hydrogens (tertiary/aromatic N) is 1. The summed E-state index contributed by atoms with van der Waals surface area (Å²) in [5, 5.41) is 4.80. The van der Waals surface area contributed by atoms with Gasteiger partial charge in [-0.25, -0.2) is 0 Å². The van der Waals surface area contributed by atoms with Gasteiger partial charge in [-0.05, 0) is 13.0 Å². The van der Waals surface area contributed by atoms with Crippen molar-refractivity contribution in [3.8, 4) is 0 Å². The molecular weight excluding hydrogens is 268 g/mol. The van der Waals surface area contributed by atoms with Crippen LogP contribution in [-0.2, 0) is 6.54 Å². The molecule has 1 aromatic heterocycles. The van der Waals surface area contributed by atoms with Crippen molar-refractivity contribution in [2.45, 2.75) is 13.5 Å². The Balaban J connectivity index is 1.53. The summed E-state index contributed by atoms with van der Waals surface area (Å²) in [7, 11) is 0. The Morgan fingerprint density at radius 2 is 2.05 bits per heavy atom. The highest BCUT2D eigenvalue weighted by atomic mass is 32.2. The summed E-state index contributed by atoms with van der Waals surface area (Å²) in [6.45, 7) is 7.61. The minimum atomic E-state index is 0.894. The first kappa shape index (κ1) is 14.0. The molecule has 108 valence electrons. The van der Waals surface area contributed by atoms with Gasteiger partial charge in [0.05, 0.1) is 0 Å². The van der Waals surface area contributed by atoms with Gasteiger partial charge in [0.2, 0.25) is 0 Å². The molecule has 0 radical (unpaired) electrons. The number of fused-ring (bicyclic) bond motifs is 1. The molecule has 3 nitrogen and oxygen atoms in total. The average Bonchev–Trinajstić information content (AvgIpc) is 2.80. The second kappa shape index (κ2) is 6.66. The van der Waals surface area contributed by atoms with E-state index in [4.69, 9.17) is 4.42 Å². The van der Waals surface area contributed by atoms with Crippen molar-refractivity contribution < 1.29 is 4.42 Å². The highest BCUT2D eigenvalue weighted by Gasteiger charge is 2.11. The molecule has 0 amide bonds. The van der Waals surface area contributed by atoms with Crippen molar-refractivity contribution >= 4 is 22.7 Å². The smallest absolute Gasteiger partial charge is 0.134 e. The minimum absolute atomic E-state index is 0.894. The molecule has 1 N–H and O–H groups in total. The van der Waals surface area contributed by atoms with Crippen LogP contribution >= 0.6 is 11.8 Å². The van der Waals surface area contributed by atoms with E-state index < -0.39 is 0 Å². The molecule has 0 unspecified atom stereocenters. The standard InChI is InChI=1S/C16H22N2OS/c1-13-15(14-4-2-3-5-16(14)19-13)12-17-6-7-18-8-10-20-11-9-18/h2-5,17H,6-12H2,1H3. The van der Waals surface area contributed by atoms with Crippen LogP contribution < -0.4 is 5.32 Å². The van der Waals surface area contributed by atoms with Crippen LogP contribution in [0.15, 0.2) is 28.7 Å². The molecule has 1 fully saturated rings. The normalized spacial score (nSPS) is 16.9. The van der Waals surface area contributed by atoms with E-state index in [9.17, 15) is 0 Å². The zero-order chi connectivity index (χ0) is 13.8. The molecule has 4 heteroatoms. The number of hydrogen-bond acceptors (Lipinski definition) is 4. The average molecular weight is 290 g/mol. The van der Waals surface area contributed by atoms with Gasteiger partial charge in [0.15, 0.2) is 0 Å². The molecule has 3 rings (SSSR count). The van der Waals surface area contributed by atoms with Crippen LogP contribution in [0.4, 0.5) is 0 Å². The van der Waals surface area contributed by atoms with E-state index in [-0.39, 0.29) is 0 Å². The Morgan fingerprint density at radius 1 is 1.25 bits per heavy atom. The van der Waals surface area contributed by atoms with Crippen LogP contribution in [0.1, 0.15) is 11.3 Å². The van der Waals surface area contributed by atoms with Crippen molar-refractivity contribution in [2.24, 2.45) is 0 Å². The van der Waals surface area contributed by atoms with Gasteiger partial charge >= 0.3 is 0 Å². The molecule has 0 aliphatic carbocycles. The van der Waals surface area contributed by atoms with Crippen molar-refractivity contribution in [1.29, 1.82) is 0 Å². The Hall–Kier alpha value is -0.970. The lowest BCUT2D eigenvalue weighted by Gasteiger charge is -2.26. The summed E-state index contributed by atoms with van der Waals surface area (Å²) in [5.41, 5.74) is 2.30. The summed E-state index contributed by atoms with van der Waals surface area (Å²) >= 11 is 2.06. The predicted molar refractivity (Wildman–Crippen MR) is 86.4 cm³/mol. The Labute approximate surface area is 124 Å². The lowest BCUT2D eigenvalue weighted by atomic mass is 10.1. The van der Waals surface area contributed by atoms with Crippen molar-refractivity contribution in [1.82, 2.24) is 10.2 Å². The van der Waals surface area contributed by atoms with E-state index in [1.165, 1.54) is 35.5 Å². The van der Waals surface area contributed by atoms with Gasteiger partial charge in [-0.15, -0.1) is 0 Å². The molecule has 0 spiro atoms. The number of rotatable bonds is 5. The predicted octanol–water partition coefficient (Wildman–Crippen LogP) is 2.88. The Morgan fingerprint density at radius 3 is 2.90 bits per heavy atom. The third-order valence-corrected chi connectivity index (χ3v) is 4.85. The quantitative estimate of drug-likeness (QED) is 0.857. The van der Waals surface area contributed by atoms with Crippen LogP contribution in [-0.4, -0.2) is 42.6 Å². The number of furan rings is 1. The van der Waals surface area contributed by atoms with Gasteiger partial charge in [0, 0.05) is 55.2 Å². The topological polar surface area (TPSA) is 28.4 Å². The van der Waals surface area contributed by atoms with Crippen molar-refractivity contribution in [3.05, 3.63) is 35.6 Å². The highest BCUT2D eigenvalue weighted by molar-refractivity contribution is 7.99. The molecule has 0 atom stereocenters. The number of para-hydroxylation sites is 1. The number of benzene rings is 1. The zero-order valence-electron chi connectivity index (χ0n) is 12.0. The van der Waals surface area contributed by atoms with Crippen LogP contribution in [0, 0.1) is 6.92 Å². The highest BCUT2D eigenvalue weighted by Crippen LogP contribution is 2.24. The first-order valence-electron chi connectivity index (χ1n) is 7.32. The number of thioether (sulfide) groups is 1. The third kappa shape index (κ3) is 3.19. The zero-order valence-corrected chi connectivity index (χ0v) is 12.8. The first-order chi connectivity index (χ1) is 9.84. The molecule has 1 aliphatic heterocycles. The minimum Gasteiger partial charge on any atom is -0.461 e. The van der Waals surface area contributed by atoms with E-state index in [1.807, 2.05) is 12.1 Å². The summed E-state index contributed by atoms with van der Waals surface area (Å²) in [6, 6.07) is 8.28. The largest absolute Gasteiger partial charge is 0.461 e. The Kier molecular flexibility index (Phi) is 4.65. The molecule has 1 aliphatic rings. The number of hydrogen-bond donors (Lipinski definition) is 1. The van der Waals surface area contributed by atoms with Gasteiger partial charge in [-0.3, -0.25) is 0 Å². The van der Waals surface area contributed by atoms with E-state index >= 15 is 0 Å². The third-order valence-electron chi connectivity index (χ3n) is 3.91. The van der Waals surface area contributed by atoms with E-state index in [0.717, 1.165) is 31.0 Å². The van der Waals surface area contributed by atoms with Gasteiger partial charge in [0.25, 0.3) is 0 Å². The van der Waals surface area contributed by atoms with Crippen molar-refractivity contribution in [3.63, 3.8) is 0 Å². The van der Waals surface area contributed by atoms with Crippen LogP contribution in [0.3, 0.4) is 0 Å².